The third kappa shape index (κ3) is 4.14. The molecule has 1 aliphatic rings. The highest BCUT2D eigenvalue weighted by Crippen LogP contribution is 2.22. The number of piperazine rings is 1. The summed E-state index contributed by atoms with van der Waals surface area (Å²) in [7, 11) is 4.17. The molecular formula is C20H28N4O2. The van der Waals surface area contributed by atoms with E-state index in [1.807, 2.05) is 35.2 Å². The van der Waals surface area contributed by atoms with Crippen LogP contribution < -0.4 is 0 Å². The first-order chi connectivity index (χ1) is 12.5. The normalized spacial score (nSPS) is 21.3. The standard InChI is InChI=1S/C20H28N4O2/c1-15-13-23(14-16(2)24(15)11-10-22(3)4)20(25)18-12-19(26-21-18)17-8-6-5-7-9-17/h5-9,12,15-16H,10-11,13-14H2,1-4H3. The Morgan fingerprint density at radius 3 is 2.46 bits per heavy atom. The maximum absolute atomic E-state index is 12.9. The molecule has 1 saturated heterocycles. The van der Waals surface area contributed by atoms with Gasteiger partial charge in [-0.2, -0.15) is 0 Å². The van der Waals surface area contributed by atoms with Crippen LogP contribution in [0.5, 0.6) is 0 Å². The van der Waals surface area contributed by atoms with E-state index in [-0.39, 0.29) is 5.91 Å². The Hall–Kier alpha value is -2.18. The molecule has 0 saturated carbocycles. The Morgan fingerprint density at radius 2 is 1.85 bits per heavy atom. The lowest BCUT2D eigenvalue weighted by atomic mass is 10.1. The van der Waals surface area contributed by atoms with Crippen LogP contribution in [0.2, 0.25) is 0 Å². The molecule has 0 aliphatic carbocycles. The van der Waals surface area contributed by atoms with Crippen LogP contribution in [0.15, 0.2) is 40.9 Å². The molecule has 26 heavy (non-hydrogen) atoms. The van der Waals surface area contributed by atoms with E-state index in [1.165, 1.54) is 0 Å². The zero-order chi connectivity index (χ0) is 18.7. The molecule has 1 fully saturated rings. The molecule has 2 heterocycles. The zero-order valence-corrected chi connectivity index (χ0v) is 16.1. The number of benzene rings is 1. The predicted molar refractivity (Wildman–Crippen MR) is 102 cm³/mol. The second kappa shape index (κ2) is 8.01. The van der Waals surface area contributed by atoms with Crippen molar-refractivity contribution < 1.29 is 9.32 Å². The molecule has 6 heteroatoms. The second-order valence-corrected chi connectivity index (χ2v) is 7.39. The molecule has 3 rings (SSSR count). The summed E-state index contributed by atoms with van der Waals surface area (Å²) in [4.78, 5) is 19.4. The van der Waals surface area contributed by atoms with E-state index in [1.54, 1.807) is 6.07 Å². The monoisotopic (exact) mass is 356 g/mol. The summed E-state index contributed by atoms with van der Waals surface area (Å²) < 4.78 is 5.39. The quantitative estimate of drug-likeness (QED) is 0.824. The van der Waals surface area contributed by atoms with Crippen LogP contribution in [-0.2, 0) is 0 Å². The smallest absolute Gasteiger partial charge is 0.276 e. The van der Waals surface area contributed by atoms with Gasteiger partial charge in [0.1, 0.15) is 0 Å². The molecular weight excluding hydrogens is 328 g/mol. The molecule has 1 amide bonds. The average Bonchev–Trinajstić information content (AvgIpc) is 3.11. The van der Waals surface area contributed by atoms with Crippen molar-refractivity contribution in [3.05, 3.63) is 42.1 Å². The van der Waals surface area contributed by atoms with E-state index in [9.17, 15) is 4.79 Å². The molecule has 0 radical (unpaired) electrons. The average molecular weight is 356 g/mol. The molecule has 1 aromatic heterocycles. The number of carbonyl (C=O) groups is 1. The molecule has 0 spiro atoms. The van der Waals surface area contributed by atoms with E-state index in [0.29, 0.717) is 36.6 Å². The Balaban J connectivity index is 1.67. The fourth-order valence-electron chi connectivity index (χ4n) is 3.56. The van der Waals surface area contributed by atoms with Gasteiger partial charge in [0.05, 0.1) is 0 Å². The van der Waals surface area contributed by atoms with E-state index in [0.717, 1.165) is 18.7 Å². The van der Waals surface area contributed by atoms with Gasteiger partial charge in [-0.15, -0.1) is 0 Å². The van der Waals surface area contributed by atoms with Crippen molar-refractivity contribution in [3.63, 3.8) is 0 Å². The summed E-state index contributed by atoms with van der Waals surface area (Å²) in [6, 6.07) is 12.1. The highest BCUT2D eigenvalue weighted by atomic mass is 16.5. The number of hydrogen-bond acceptors (Lipinski definition) is 5. The van der Waals surface area contributed by atoms with Crippen LogP contribution >= 0.6 is 0 Å². The van der Waals surface area contributed by atoms with Crippen molar-refractivity contribution in [2.45, 2.75) is 25.9 Å². The minimum atomic E-state index is -0.0538. The Labute approximate surface area is 155 Å². The van der Waals surface area contributed by atoms with Gasteiger partial charge in [-0.1, -0.05) is 35.5 Å². The van der Waals surface area contributed by atoms with Crippen LogP contribution in [0, 0.1) is 0 Å². The largest absolute Gasteiger partial charge is 0.355 e. The molecule has 1 aliphatic heterocycles. The van der Waals surface area contributed by atoms with Gasteiger partial charge in [0, 0.05) is 49.9 Å². The lowest BCUT2D eigenvalue weighted by Crippen LogP contribution is -2.59. The molecule has 0 N–H and O–H groups in total. The summed E-state index contributed by atoms with van der Waals surface area (Å²) >= 11 is 0. The number of aromatic nitrogens is 1. The van der Waals surface area contributed by atoms with Gasteiger partial charge in [-0.25, -0.2) is 0 Å². The van der Waals surface area contributed by atoms with Gasteiger partial charge in [-0.05, 0) is 27.9 Å². The van der Waals surface area contributed by atoms with Crippen molar-refractivity contribution in [2.24, 2.45) is 0 Å². The summed E-state index contributed by atoms with van der Waals surface area (Å²) in [5.41, 5.74) is 1.30. The summed E-state index contributed by atoms with van der Waals surface area (Å²) in [6.07, 6.45) is 0. The maximum atomic E-state index is 12.9. The van der Waals surface area contributed by atoms with Gasteiger partial charge < -0.3 is 14.3 Å². The highest BCUT2D eigenvalue weighted by molar-refractivity contribution is 5.93. The summed E-state index contributed by atoms with van der Waals surface area (Å²) in [5, 5.41) is 4.01. The zero-order valence-electron chi connectivity index (χ0n) is 16.1. The van der Waals surface area contributed by atoms with Crippen LogP contribution in [0.3, 0.4) is 0 Å². The molecule has 1 aromatic carbocycles. The van der Waals surface area contributed by atoms with Crippen LogP contribution in [0.25, 0.3) is 11.3 Å². The maximum Gasteiger partial charge on any atom is 0.276 e. The van der Waals surface area contributed by atoms with Gasteiger partial charge in [0.15, 0.2) is 11.5 Å². The first-order valence-electron chi connectivity index (χ1n) is 9.17. The molecule has 2 unspecified atom stereocenters. The first-order valence-corrected chi connectivity index (χ1v) is 9.17. The number of carbonyl (C=O) groups excluding carboxylic acids is 1. The number of likely N-dealkylation sites (N-methyl/N-ethyl adjacent to an activating group) is 1. The summed E-state index contributed by atoms with van der Waals surface area (Å²) in [6.45, 7) is 7.83. The summed E-state index contributed by atoms with van der Waals surface area (Å²) in [5.74, 6) is 0.571. The van der Waals surface area contributed by atoms with E-state index in [2.05, 4.69) is 42.9 Å². The Morgan fingerprint density at radius 1 is 1.19 bits per heavy atom. The Bertz CT molecular complexity index is 716. The van der Waals surface area contributed by atoms with Crippen molar-refractivity contribution in [1.82, 2.24) is 19.9 Å². The SMILES string of the molecule is CC1CN(C(=O)c2cc(-c3ccccc3)on2)CC(C)N1CCN(C)C. The molecule has 2 atom stereocenters. The van der Waals surface area contributed by atoms with Crippen molar-refractivity contribution in [1.29, 1.82) is 0 Å². The van der Waals surface area contributed by atoms with Crippen molar-refractivity contribution in [3.8, 4) is 11.3 Å². The number of hydrogen-bond donors (Lipinski definition) is 0. The molecule has 6 nitrogen and oxygen atoms in total. The fraction of sp³-hybridized carbons (Fsp3) is 0.500. The fourth-order valence-corrected chi connectivity index (χ4v) is 3.56. The topological polar surface area (TPSA) is 52.8 Å². The molecule has 140 valence electrons. The Kier molecular flexibility index (Phi) is 5.74. The van der Waals surface area contributed by atoms with Crippen LogP contribution in [0.1, 0.15) is 24.3 Å². The first kappa shape index (κ1) is 18.6. The highest BCUT2D eigenvalue weighted by Gasteiger charge is 2.33. The van der Waals surface area contributed by atoms with Crippen molar-refractivity contribution in [2.75, 3.05) is 40.3 Å². The predicted octanol–water partition coefficient (Wildman–Crippen LogP) is 2.44. The minimum absolute atomic E-state index is 0.0538. The number of nitrogens with zero attached hydrogens (tertiary/aromatic N) is 4. The third-order valence-electron chi connectivity index (χ3n) is 4.98. The molecule has 2 aromatic rings. The van der Waals surface area contributed by atoms with Crippen LogP contribution in [0.4, 0.5) is 0 Å². The number of amides is 1. The van der Waals surface area contributed by atoms with Crippen LogP contribution in [-0.4, -0.2) is 78.1 Å². The lowest BCUT2D eigenvalue weighted by molar-refractivity contribution is 0.0276. The van der Waals surface area contributed by atoms with E-state index >= 15 is 0 Å². The lowest BCUT2D eigenvalue weighted by Gasteiger charge is -2.44. The van der Waals surface area contributed by atoms with Gasteiger partial charge in [-0.3, -0.25) is 9.69 Å². The minimum Gasteiger partial charge on any atom is -0.355 e. The van der Waals surface area contributed by atoms with E-state index < -0.39 is 0 Å². The van der Waals surface area contributed by atoms with E-state index in [4.69, 9.17) is 4.52 Å². The number of rotatable bonds is 5. The van der Waals surface area contributed by atoms with Gasteiger partial charge in [0.25, 0.3) is 5.91 Å². The molecule has 0 bridgehead atoms. The van der Waals surface area contributed by atoms with Gasteiger partial charge >= 0.3 is 0 Å². The van der Waals surface area contributed by atoms with Crippen molar-refractivity contribution >= 4 is 5.91 Å². The third-order valence-corrected chi connectivity index (χ3v) is 4.98. The van der Waals surface area contributed by atoms with Gasteiger partial charge in [0.2, 0.25) is 0 Å². The second-order valence-electron chi connectivity index (χ2n) is 7.39.